The van der Waals surface area contributed by atoms with E-state index in [-0.39, 0.29) is 5.78 Å². The first-order valence-electron chi connectivity index (χ1n) is 4.97. The van der Waals surface area contributed by atoms with Crippen molar-refractivity contribution in [3.8, 4) is 12.3 Å². The predicted molar refractivity (Wildman–Crippen MR) is 55.2 cm³/mol. The molecule has 0 fully saturated rings. The predicted octanol–water partition coefficient (Wildman–Crippen LogP) is 2.03. The number of nitrogens with zero attached hydrogens (tertiary/aromatic N) is 1. The van der Waals surface area contributed by atoms with Gasteiger partial charge < -0.3 is 4.57 Å². The molecule has 0 aromatic carbocycles. The van der Waals surface area contributed by atoms with E-state index in [1.165, 1.54) is 5.69 Å². The molecule has 0 bridgehead atoms. The summed E-state index contributed by atoms with van der Waals surface area (Å²) in [5, 5.41) is 0. The molecule has 0 spiro atoms. The fourth-order valence-electron chi connectivity index (χ4n) is 1.98. The Bertz CT molecular complexity index is 395. The Morgan fingerprint density at radius 2 is 2.36 bits per heavy atom. The van der Waals surface area contributed by atoms with Crippen molar-refractivity contribution in [1.82, 2.24) is 4.57 Å². The van der Waals surface area contributed by atoms with Gasteiger partial charge in [0.2, 0.25) is 0 Å². The summed E-state index contributed by atoms with van der Waals surface area (Å²) in [6, 6.07) is 1.92. The van der Waals surface area contributed by atoms with Crippen molar-refractivity contribution >= 4 is 5.78 Å². The smallest absolute Gasteiger partial charge is 0.164 e. The first-order valence-corrected chi connectivity index (χ1v) is 4.97. The van der Waals surface area contributed by atoms with Crippen LogP contribution in [0.4, 0.5) is 0 Å². The minimum absolute atomic E-state index is 0.283. The summed E-state index contributed by atoms with van der Waals surface area (Å²) in [4.78, 5) is 11.5. The molecule has 1 heterocycles. The van der Waals surface area contributed by atoms with Crippen molar-refractivity contribution in [3.05, 3.63) is 23.5 Å². The number of ketones is 1. The number of hydrogen-bond acceptors (Lipinski definition) is 1. The summed E-state index contributed by atoms with van der Waals surface area (Å²) in [5.41, 5.74) is 2.09. The molecule has 14 heavy (non-hydrogen) atoms. The van der Waals surface area contributed by atoms with E-state index in [9.17, 15) is 4.79 Å². The molecular formula is C12H13NO. The first kappa shape index (κ1) is 9.08. The van der Waals surface area contributed by atoms with Crippen LogP contribution in [0.2, 0.25) is 0 Å². The van der Waals surface area contributed by atoms with E-state index >= 15 is 0 Å². The van der Waals surface area contributed by atoms with Crippen molar-refractivity contribution in [1.29, 1.82) is 0 Å². The number of carbonyl (C=O) groups is 1. The molecule has 0 saturated heterocycles. The van der Waals surface area contributed by atoms with Gasteiger partial charge in [0, 0.05) is 36.8 Å². The Balaban J connectivity index is 2.27. The Labute approximate surface area is 83.9 Å². The number of aromatic nitrogens is 1. The van der Waals surface area contributed by atoms with Gasteiger partial charge in [-0.15, -0.1) is 12.3 Å². The third-order valence-electron chi connectivity index (χ3n) is 2.69. The Morgan fingerprint density at radius 3 is 3.14 bits per heavy atom. The highest BCUT2D eigenvalue weighted by molar-refractivity contribution is 5.98. The Hall–Kier alpha value is -1.49. The number of terminal acetylenes is 1. The lowest BCUT2D eigenvalue weighted by molar-refractivity contribution is 0.0972. The molecule has 1 aliphatic rings. The van der Waals surface area contributed by atoms with Crippen LogP contribution in [-0.2, 0) is 13.0 Å². The normalized spacial score (nSPS) is 14.9. The van der Waals surface area contributed by atoms with Crippen LogP contribution < -0.4 is 0 Å². The van der Waals surface area contributed by atoms with Crippen molar-refractivity contribution in [2.45, 2.75) is 32.2 Å². The van der Waals surface area contributed by atoms with Gasteiger partial charge in [0.15, 0.2) is 5.78 Å². The van der Waals surface area contributed by atoms with Crippen LogP contribution in [0.3, 0.4) is 0 Å². The molecule has 0 N–H and O–H groups in total. The maximum absolute atomic E-state index is 11.5. The lowest BCUT2D eigenvalue weighted by atomic mass is 9.97. The van der Waals surface area contributed by atoms with Gasteiger partial charge in [0.1, 0.15) is 0 Å². The highest BCUT2D eigenvalue weighted by Gasteiger charge is 2.19. The van der Waals surface area contributed by atoms with Crippen LogP contribution in [0.5, 0.6) is 0 Å². The minimum atomic E-state index is 0.283. The maximum Gasteiger partial charge on any atom is 0.164 e. The van der Waals surface area contributed by atoms with E-state index in [2.05, 4.69) is 10.5 Å². The fraction of sp³-hybridized carbons (Fsp3) is 0.417. The largest absolute Gasteiger partial charge is 0.350 e. The van der Waals surface area contributed by atoms with Crippen molar-refractivity contribution in [2.75, 3.05) is 0 Å². The second-order valence-corrected chi connectivity index (χ2v) is 3.60. The first-order chi connectivity index (χ1) is 6.83. The molecule has 1 aromatic heterocycles. The van der Waals surface area contributed by atoms with E-state index in [0.717, 1.165) is 31.4 Å². The Morgan fingerprint density at radius 1 is 1.50 bits per heavy atom. The zero-order valence-electron chi connectivity index (χ0n) is 8.12. The molecule has 0 unspecified atom stereocenters. The van der Waals surface area contributed by atoms with Gasteiger partial charge in [-0.2, -0.15) is 0 Å². The van der Waals surface area contributed by atoms with Crippen LogP contribution in [0.15, 0.2) is 12.3 Å². The summed E-state index contributed by atoms with van der Waals surface area (Å²) in [7, 11) is 0. The summed E-state index contributed by atoms with van der Waals surface area (Å²) >= 11 is 0. The van der Waals surface area contributed by atoms with E-state index in [1.54, 1.807) is 0 Å². The molecule has 0 saturated carbocycles. The molecule has 2 nitrogen and oxygen atoms in total. The number of fused-ring (bicyclic) bond motifs is 1. The third-order valence-corrected chi connectivity index (χ3v) is 2.69. The highest BCUT2D eigenvalue weighted by Crippen LogP contribution is 2.22. The summed E-state index contributed by atoms with van der Waals surface area (Å²) < 4.78 is 2.12. The van der Waals surface area contributed by atoms with Crippen LogP contribution in [0, 0.1) is 12.3 Å². The van der Waals surface area contributed by atoms with Crippen molar-refractivity contribution < 1.29 is 4.79 Å². The van der Waals surface area contributed by atoms with Gasteiger partial charge in [-0.1, -0.05) is 0 Å². The lowest BCUT2D eigenvalue weighted by Gasteiger charge is -2.13. The standard InChI is InChI=1S/C12H13NO/c1-2-3-8-13-9-7-10-11(13)5-4-6-12(10)14/h1,7,9H,3-6,8H2. The molecule has 1 aliphatic carbocycles. The maximum atomic E-state index is 11.5. The van der Waals surface area contributed by atoms with Crippen LogP contribution in [0.25, 0.3) is 0 Å². The van der Waals surface area contributed by atoms with Crippen molar-refractivity contribution in [3.63, 3.8) is 0 Å². The van der Waals surface area contributed by atoms with E-state index in [1.807, 2.05) is 12.3 Å². The molecule has 0 radical (unpaired) electrons. The molecule has 1 aromatic rings. The molecule has 0 atom stereocenters. The number of hydrogen-bond donors (Lipinski definition) is 0. The van der Waals surface area contributed by atoms with Gasteiger partial charge in [0.25, 0.3) is 0 Å². The van der Waals surface area contributed by atoms with Crippen LogP contribution in [0.1, 0.15) is 35.3 Å². The molecule has 0 amide bonds. The second kappa shape index (κ2) is 3.71. The lowest BCUT2D eigenvalue weighted by Crippen LogP contribution is -2.13. The van der Waals surface area contributed by atoms with Crippen LogP contribution in [-0.4, -0.2) is 10.4 Å². The van der Waals surface area contributed by atoms with Gasteiger partial charge in [-0.25, -0.2) is 0 Å². The number of aryl methyl sites for hydroxylation is 1. The third kappa shape index (κ3) is 1.46. The fourth-order valence-corrected chi connectivity index (χ4v) is 1.98. The topological polar surface area (TPSA) is 22.0 Å². The molecule has 72 valence electrons. The van der Waals surface area contributed by atoms with E-state index < -0.39 is 0 Å². The van der Waals surface area contributed by atoms with Crippen molar-refractivity contribution in [2.24, 2.45) is 0 Å². The van der Waals surface area contributed by atoms with Gasteiger partial charge >= 0.3 is 0 Å². The minimum Gasteiger partial charge on any atom is -0.350 e. The molecular weight excluding hydrogens is 174 g/mol. The second-order valence-electron chi connectivity index (χ2n) is 3.60. The number of rotatable bonds is 2. The zero-order chi connectivity index (χ0) is 9.97. The van der Waals surface area contributed by atoms with Gasteiger partial charge in [-0.05, 0) is 18.9 Å². The average molecular weight is 187 g/mol. The summed E-state index contributed by atoms with van der Waals surface area (Å²) in [5.74, 6) is 2.90. The highest BCUT2D eigenvalue weighted by atomic mass is 16.1. The molecule has 2 rings (SSSR count). The number of carbonyl (C=O) groups excluding carboxylic acids is 1. The van der Waals surface area contributed by atoms with E-state index in [0.29, 0.717) is 6.42 Å². The molecule has 0 aliphatic heterocycles. The summed E-state index contributed by atoms with van der Waals surface area (Å²) in [6.45, 7) is 0.832. The molecule has 2 heteroatoms. The number of Topliss-reactive ketones (excluding diaryl/α,β-unsaturated/α-hetero) is 1. The van der Waals surface area contributed by atoms with E-state index in [4.69, 9.17) is 6.42 Å². The average Bonchev–Trinajstić information content (AvgIpc) is 2.60. The summed E-state index contributed by atoms with van der Waals surface area (Å²) in [6.07, 6.45) is 10.6. The SMILES string of the molecule is C#CCCn1ccc2c1CCCC2=O. The Kier molecular flexibility index (Phi) is 2.41. The van der Waals surface area contributed by atoms with Gasteiger partial charge in [0.05, 0.1) is 0 Å². The quantitative estimate of drug-likeness (QED) is 0.649. The monoisotopic (exact) mass is 187 g/mol. The van der Waals surface area contributed by atoms with Gasteiger partial charge in [-0.3, -0.25) is 4.79 Å². The van der Waals surface area contributed by atoms with Crippen LogP contribution >= 0.6 is 0 Å². The zero-order valence-corrected chi connectivity index (χ0v) is 8.12.